The number of hydrogen-bond donors (Lipinski definition) is 0. The Kier molecular flexibility index (Phi) is 4.76. The molecule has 8 rings (SSSR count). The molecular formula is C36H23NS. The molecule has 2 aromatic heterocycles. The SMILES string of the molecule is c1cc(-c2cccc(-n3c4ccccc4c4ccccc43)c2)cc(-c2cccc3sc4ccccc4c23)c1. The number of aromatic nitrogens is 1. The molecule has 6 aromatic carbocycles. The first-order valence-electron chi connectivity index (χ1n) is 12.9. The first-order chi connectivity index (χ1) is 18.8. The smallest absolute Gasteiger partial charge is 0.0541 e. The van der Waals surface area contributed by atoms with Gasteiger partial charge in [-0.25, -0.2) is 0 Å². The van der Waals surface area contributed by atoms with E-state index in [1.54, 1.807) is 0 Å². The van der Waals surface area contributed by atoms with Crippen LogP contribution in [0.2, 0.25) is 0 Å². The third kappa shape index (κ3) is 3.24. The highest BCUT2D eigenvalue weighted by Crippen LogP contribution is 2.41. The number of fused-ring (bicyclic) bond motifs is 6. The molecule has 0 unspecified atom stereocenters. The number of thiophene rings is 1. The number of rotatable bonds is 3. The summed E-state index contributed by atoms with van der Waals surface area (Å²) in [4.78, 5) is 0. The Labute approximate surface area is 224 Å². The van der Waals surface area contributed by atoms with Crippen molar-refractivity contribution in [3.8, 4) is 27.9 Å². The van der Waals surface area contributed by atoms with Crippen molar-refractivity contribution >= 4 is 53.3 Å². The summed E-state index contributed by atoms with van der Waals surface area (Å²) < 4.78 is 5.06. The van der Waals surface area contributed by atoms with E-state index in [-0.39, 0.29) is 0 Å². The van der Waals surface area contributed by atoms with Crippen LogP contribution in [0.3, 0.4) is 0 Å². The monoisotopic (exact) mass is 501 g/mol. The maximum absolute atomic E-state index is 2.39. The van der Waals surface area contributed by atoms with Gasteiger partial charge in [0.05, 0.1) is 11.0 Å². The van der Waals surface area contributed by atoms with Gasteiger partial charge in [-0.05, 0) is 64.7 Å². The molecule has 0 amide bonds. The first-order valence-corrected chi connectivity index (χ1v) is 13.8. The van der Waals surface area contributed by atoms with Gasteiger partial charge in [0.15, 0.2) is 0 Å². The van der Waals surface area contributed by atoms with Crippen LogP contribution in [0.1, 0.15) is 0 Å². The Morgan fingerprint density at radius 2 is 1.00 bits per heavy atom. The van der Waals surface area contributed by atoms with Gasteiger partial charge in [-0.2, -0.15) is 0 Å². The predicted molar refractivity (Wildman–Crippen MR) is 165 cm³/mol. The van der Waals surface area contributed by atoms with Crippen LogP contribution in [0, 0.1) is 0 Å². The van der Waals surface area contributed by atoms with E-state index in [0.29, 0.717) is 0 Å². The molecule has 2 heteroatoms. The van der Waals surface area contributed by atoms with E-state index in [4.69, 9.17) is 0 Å². The summed E-state index contributed by atoms with van der Waals surface area (Å²) in [7, 11) is 0. The molecule has 0 radical (unpaired) electrons. The lowest BCUT2D eigenvalue weighted by Gasteiger charge is -2.12. The van der Waals surface area contributed by atoms with Crippen molar-refractivity contribution in [2.45, 2.75) is 0 Å². The molecule has 38 heavy (non-hydrogen) atoms. The van der Waals surface area contributed by atoms with Gasteiger partial charge in [-0.3, -0.25) is 0 Å². The average molecular weight is 502 g/mol. The van der Waals surface area contributed by atoms with Gasteiger partial charge in [0.25, 0.3) is 0 Å². The second-order valence-corrected chi connectivity index (χ2v) is 10.9. The highest BCUT2D eigenvalue weighted by molar-refractivity contribution is 7.25. The lowest BCUT2D eigenvalue weighted by Crippen LogP contribution is -1.94. The van der Waals surface area contributed by atoms with Crippen molar-refractivity contribution in [1.82, 2.24) is 4.57 Å². The zero-order chi connectivity index (χ0) is 25.1. The largest absolute Gasteiger partial charge is 0.309 e. The summed E-state index contributed by atoms with van der Waals surface area (Å²) in [6.45, 7) is 0. The normalized spacial score (nSPS) is 11.7. The summed E-state index contributed by atoms with van der Waals surface area (Å²) >= 11 is 1.87. The molecule has 0 atom stereocenters. The molecule has 0 spiro atoms. The second kappa shape index (κ2) is 8.44. The van der Waals surface area contributed by atoms with Crippen LogP contribution >= 0.6 is 11.3 Å². The molecule has 0 saturated carbocycles. The van der Waals surface area contributed by atoms with Crippen molar-refractivity contribution in [3.05, 3.63) is 140 Å². The standard InChI is InChI=1S/C36H23NS/c1-4-18-32-29(14-1)30-15-2-5-19-33(30)37(32)27-13-8-11-25(23-27)24-10-7-12-26(22-24)28-17-9-21-35-36(28)31-16-3-6-20-34(31)38-35/h1-23H. The average Bonchev–Trinajstić information content (AvgIpc) is 3.53. The molecule has 0 fully saturated rings. The van der Waals surface area contributed by atoms with Crippen LogP contribution in [0.25, 0.3) is 69.9 Å². The van der Waals surface area contributed by atoms with Crippen LogP contribution < -0.4 is 0 Å². The Morgan fingerprint density at radius 3 is 1.79 bits per heavy atom. The van der Waals surface area contributed by atoms with Crippen molar-refractivity contribution in [3.63, 3.8) is 0 Å². The summed E-state index contributed by atoms with van der Waals surface area (Å²) in [6.07, 6.45) is 0. The minimum atomic E-state index is 1.18. The van der Waals surface area contributed by atoms with Gasteiger partial charge in [0.2, 0.25) is 0 Å². The van der Waals surface area contributed by atoms with Gasteiger partial charge in [0.1, 0.15) is 0 Å². The van der Waals surface area contributed by atoms with Gasteiger partial charge in [0, 0.05) is 36.6 Å². The van der Waals surface area contributed by atoms with Crippen LogP contribution in [0.4, 0.5) is 0 Å². The molecule has 0 aliphatic rings. The van der Waals surface area contributed by atoms with Gasteiger partial charge in [-0.15, -0.1) is 11.3 Å². The minimum Gasteiger partial charge on any atom is -0.309 e. The third-order valence-corrected chi connectivity index (χ3v) is 8.73. The molecule has 0 saturated heterocycles. The fraction of sp³-hybridized carbons (Fsp3) is 0. The predicted octanol–water partition coefficient (Wildman–Crippen LogP) is 10.5. The maximum atomic E-state index is 2.39. The van der Waals surface area contributed by atoms with Crippen LogP contribution in [-0.2, 0) is 0 Å². The zero-order valence-corrected chi connectivity index (χ0v) is 21.5. The quantitative estimate of drug-likeness (QED) is 0.227. The number of para-hydroxylation sites is 2. The molecule has 178 valence electrons. The molecule has 0 N–H and O–H groups in total. The molecule has 0 bridgehead atoms. The van der Waals surface area contributed by atoms with E-state index in [0.717, 1.165) is 0 Å². The van der Waals surface area contributed by atoms with E-state index in [1.165, 1.54) is 69.9 Å². The highest BCUT2D eigenvalue weighted by Gasteiger charge is 2.13. The minimum absolute atomic E-state index is 1.18. The summed E-state index contributed by atoms with van der Waals surface area (Å²) in [5, 5.41) is 5.25. The fourth-order valence-corrected chi connectivity index (χ4v) is 7.04. The topological polar surface area (TPSA) is 4.93 Å². The lowest BCUT2D eigenvalue weighted by atomic mass is 9.96. The van der Waals surface area contributed by atoms with Crippen LogP contribution in [0.15, 0.2) is 140 Å². The summed E-state index contributed by atoms with van der Waals surface area (Å²) in [5.74, 6) is 0. The fourth-order valence-electron chi connectivity index (χ4n) is 5.91. The number of nitrogens with zero attached hydrogens (tertiary/aromatic N) is 1. The highest BCUT2D eigenvalue weighted by atomic mass is 32.1. The zero-order valence-electron chi connectivity index (χ0n) is 20.6. The molecule has 2 heterocycles. The second-order valence-electron chi connectivity index (χ2n) is 9.78. The van der Waals surface area contributed by atoms with E-state index in [1.807, 2.05) is 11.3 Å². The number of benzene rings is 6. The maximum Gasteiger partial charge on any atom is 0.0541 e. The van der Waals surface area contributed by atoms with Crippen LogP contribution in [-0.4, -0.2) is 4.57 Å². The molecular weight excluding hydrogens is 478 g/mol. The Bertz CT molecular complexity index is 2090. The van der Waals surface area contributed by atoms with Gasteiger partial charge >= 0.3 is 0 Å². The van der Waals surface area contributed by atoms with Gasteiger partial charge < -0.3 is 4.57 Å². The molecule has 0 aliphatic heterocycles. The lowest BCUT2D eigenvalue weighted by molar-refractivity contribution is 1.18. The van der Waals surface area contributed by atoms with E-state index in [2.05, 4.69) is 144 Å². The molecule has 0 aliphatic carbocycles. The summed E-state index contributed by atoms with van der Waals surface area (Å²) in [5.41, 5.74) is 8.62. The first kappa shape index (κ1) is 21.4. The Morgan fingerprint density at radius 1 is 0.421 bits per heavy atom. The Hall–Kier alpha value is -4.66. The third-order valence-electron chi connectivity index (χ3n) is 7.59. The van der Waals surface area contributed by atoms with Crippen LogP contribution in [0.5, 0.6) is 0 Å². The van der Waals surface area contributed by atoms with Gasteiger partial charge in [-0.1, -0.05) is 97.1 Å². The van der Waals surface area contributed by atoms with Crippen molar-refractivity contribution in [1.29, 1.82) is 0 Å². The Balaban J connectivity index is 1.30. The molecule has 1 nitrogen and oxygen atoms in total. The summed E-state index contributed by atoms with van der Waals surface area (Å²) in [6, 6.07) is 50.7. The van der Waals surface area contributed by atoms with E-state index in [9.17, 15) is 0 Å². The molecule has 8 aromatic rings. The number of hydrogen-bond acceptors (Lipinski definition) is 1. The van der Waals surface area contributed by atoms with E-state index < -0.39 is 0 Å². The van der Waals surface area contributed by atoms with Crippen molar-refractivity contribution in [2.75, 3.05) is 0 Å². The van der Waals surface area contributed by atoms with Crippen molar-refractivity contribution < 1.29 is 0 Å². The van der Waals surface area contributed by atoms with E-state index >= 15 is 0 Å². The van der Waals surface area contributed by atoms with Crippen molar-refractivity contribution in [2.24, 2.45) is 0 Å².